The Hall–Kier alpha value is -3.75. The summed E-state index contributed by atoms with van der Waals surface area (Å²) < 4.78 is 31.1. The Morgan fingerprint density at radius 2 is 0.952 bits per heavy atom. The highest BCUT2D eigenvalue weighted by atomic mass is 16.5. The molecule has 62 heavy (non-hydrogen) atoms. The minimum atomic E-state index is -0.198. The number of hydrogen-bond acceptors (Lipinski definition) is 7. The highest BCUT2D eigenvalue weighted by molar-refractivity contribution is 5.95. The molecule has 8 nitrogen and oxygen atoms in total. The van der Waals surface area contributed by atoms with E-state index in [0.29, 0.717) is 69.0 Å². The van der Waals surface area contributed by atoms with Crippen LogP contribution in [0.2, 0.25) is 0 Å². The Labute approximate surface area is 377 Å². The van der Waals surface area contributed by atoms with E-state index in [0.717, 1.165) is 73.2 Å². The first-order chi connectivity index (χ1) is 30.1. The summed E-state index contributed by atoms with van der Waals surface area (Å²) in [5, 5.41) is 3.03. The van der Waals surface area contributed by atoms with Gasteiger partial charge < -0.3 is 34.7 Å². The van der Waals surface area contributed by atoms with Crippen LogP contribution < -0.4 is 30.0 Å². The van der Waals surface area contributed by atoms with Gasteiger partial charge in [0.1, 0.15) is 12.4 Å². The zero-order valence-corrected chi connectivity index (χ0v) is 39.9. The van der Waals surface area contributed by atoms with E-state index in [9.17, 15) is 4.79 Å². The van der Waals surface area contributed by atoms with E-state index in [-0.39, 0.29) is 11.9 Å². The van der Waals surface area contributed by atoms with Gasteiger partial charge in [0.25, 0.3) is 5.91 Å². The van der Waals surface area contributed by atoms with Crippen molar-refractivity contribution in [3.8, 4) is 23.0 Å². The summed E-state index contributed by atoms with van der Waals surface area (Å²) in [5.41, 5.74) is 9.04. The van der Waals surface area contributed by atoms with Crippen LogP contribution in [-0.4, -0.2) is 52.1 Å². The zero-order chi connectivity index (χ0) is 44.6. The number of nitrogens with one attached hydrogen (secondary N) is 1. The van der Waals surface area contributed by atoms with Gasteiger partial charge in [-0.25, -0.2) is 0 Å². The lowest BCUT2D eigenvalue weighted by atomic mass is 10.00. The van der Waals surface area contributed by atoms with E-state index in [1.807, 2.05) is 66.7 Å². The molecule has 1 amide bonds. The number of rotatable bonds is 37. The number of unbranched alkanes of at least 4 members (excludes halogenated alkanes) is 12. The third-order valence-corrected chi connectivity index (χ3v) is 11.2. The van der Waals surface area contributed by atoms with Gasteiger partial charge >= 0.3 is 0 Å². The average molecular weight is 859 g/mol. The molecule has 0 aliphatic heterocycles. The van der Waals surface area contributed by atoms with E-state index in [2.05, 4.69) is 46.9 Å². The fraction of sp³-hybridized carbons (Fsp3) is 0.648. The summed E-state index contributed by atoms with van der Waals surface area (Å²) >= 11 is 0. The summed E-state index contributed by atoms with van der Waals surface area (Å²) in [6.07, 6.45) is 21.3. The monoisotopic (exact) mass is 859 g/mol. The van der Waals surface area contributed by atoms with Crippen LogP contribution in [0.4, 0.5) is 0 Å². The molecular weight excluding hydrogens is 773 g/mol. The Kier molecular flexibility index (Phi) is 27.9. The lowest BCUT2D eigenvalue weighted by Gasteiger charge is -2.19. The third kappa shape index (κ3) is 23.6. The predicted molar refractivity (Wildman–Crippen MR) is 258 cm³/mol. The second-order valence-electron chi connectivity index (χ2n) is 18.4. The normalized spacial score (nSPS) is 12.0. The summed E-state index contributed by atoms with van der Waals surface area (Å²) in [4.78, 5) is 13.6. The fourth-order valence-electron chi connectivity index (χ4n) is 7.44. The number of carbonyl (C=O) groups is 1. The standard InChI is InChI=1S/C54H86N2O6/c1-43(2)25-17-10-7-13-22-35-60-50-41-48(54(57)56-34-38-58-39-40-59-49-32-30-47(31-33-49)52(55)46-28-20-16-21-29-46)42-51(61-36-23-14-8-11-18-26-44(3)4)53(50)62-37-24-15-9-12-19-27-45(5)6/h16,20-21,28-33,41-45,52H,7-15,17-19,22-27,34-40,55H2,1-6H3,(H,56,57). The van der Waals surface area contributed by atoms with Crippen LogP contribution in [0.5, 0.6) is 23.0 Å². The number of benzene rings is 3. The Bertz CT molecular complexity index is 1520. The van der Waals surface area contributed by atoms with Crippen LogP contribution in [0.3, 0.4) is 0 Å². The van der Waals surface area contributed by atoms with Gasteiger partial charge in [-0.05, 0) is 72.4 Å². The van der Waals surface area contributed by atoms with Gasteiger partial charge in [-0.2, -0.15) is 0 Å². The molecule has 0 saturated heterocycles. The van der Waals surface area contributed by atoms with E-state index in [1.54, 1.807) is 0 Å². The Morgan fingerprint density at radius 1 is 0.500 bits per heavy atom. The maximum absolute atomic E-state index is 13.6. The molecule has 0 heterocycles. The van der Waals surface area contributed by atoms with E-state index < -0.39 is 0 Å². The number of hydrogen-bond donors (Lipinski definition) is 2. The molecule has 0 radical (unpaired) electrons. The lowest BCUT2D eigenvalue weighted by Crippen LogP contribution is -2.28. The molecule has 1 unspecified atom stereocenters. The number of nitrogens with two attached hydrogens (primary N) is 1. The first kappa shape index (κ1) is 52.6. The maximum atomic E-state index is 13.6. The van der Waals surface area contributed by atoms with Crippen LogP contribution >= 0.6 is 0 Å². The van der Waals surface area contributed by atoms with Crippen molar-refractivity contribution >= 4 is 5.91 Å². The lowest BCUT2D eigenvalue weighted by molar-refractivity contribution is 0.0866. The van der Waals surface area contributed by atoms with Crippen molar-refractivity contribution in [2.75, 3.05) is 46.2 Å². The highest BCUT2D eigenvalue weighted by Crippen LogP contribution is 2.40. The van der Waals surface area contributed by atoms with Gasteiger partial charge in [-0.15, -0.1) is 0 Å². The molecule has 1 atom stereocenters. The number of ether oxygens (including phenoxy) is 5. The molecule has 0 saturated carbocycles. The van der Waals surface area contributed by atoms with Crippen molar-refractivity contribution < 1.29 is 28.5 Å². The molecule has 3 rings (SSSR count). The van der Waals surface area contributed by atoms with E-state index in [1.165, 1.54) is 77.0 Å². The molecular formula is C54H86N2O6. The fourth-order valence-corrected chi connectivity index (χ4v) is 7.44. The van der Waals surface area contributed by atoms with Gasteiger partial charge in [-0.1, -0.05) is 180 Å². The smallest absolute Gasteiger partial charge is 0.251 e. The summed E-state index contributed by atoms with van der Waals surface area (Å²) in [6.45, 7) is 17.0. The second kappa shape index (κ2) is 32.9. The quantitative estimate of drug-likeness (QED) is 0.0557. The topological polar surface area (TPSA) is 101 Å². The van der Waals surface area contributed by atoms with E-state index >= 15 is 0 Å². The van der Waals surface area contributed by atoms with Gasteiger partial charge in [0.2, 0.25) is 5.75 Å². The maximum Gasteiger partial charge on any atom is 0.251 e. The van der Waals surface area contributed by atoms with Gasteiger partial charge in [0.15, 0.2) is 11.5 Å². The summed E-state index contributed by atoms with van der Waals surface area (Å²) in [6, 6.07) is 21.4. The molecule has 0 aliphatic carbocycles. The predicted octanol–water partition coefficient (Wildman–Crippen LogP) is 13.7. The third-order valence-electron chi connectivity index (χ3n) is 11.2. The van der Waals surface area contributed by atoms with Gasteiger partial charge in [0.05, 0.1) is 39.1 Å². The molecule has 3 aromatic carbocycles. The molecule has 3 N–H and O–H groups in total. The zero-order valence-electron chi connectivity index (χ0n) is 39.9. The number of carbonyl (C=O) groups excluding carboxylic acids is 1. The van der Waals surface area contributed by atoms with Crippen LogP contribution in [0, 0.1) is 17.8 Å². The second-order valence-corrected chi connectivity index (χ2v) is 18.4. The van der Waals surface area contributed by atoms with Crippen molar-refractivity contribution in [1.29, 1.82) is 0 Å². The number of amides is 1. The average Bonchev–Trinajstić information content (AvgIpc) is 3.26. The van der Waals surface area contributed by atoms with Gasteiger partial charge in [-0.3, -0.25) is 4.79 Å². The van der Waals surface area contributed by atoms with Crippen LogP contribution in [0.15, 0.2) is 66.7 Å². The van der Waals surface area contributed by atoms with Gasteiger partial charge in [0, 0.05) is 12.1 Å². The van der Waals surface area contributed by atoms with Crippen LogP contribution in [0.1, 0.15) is 185 Å². The molecule has 0 bridgehead atoms. The first-order valence-electron chi connectivity index (χ1n) is 24.6. The first-order valence-corrected chi connectivity index (χ1v) is 24.6. The summed E-state index contributed by atoms with van der Waals surface area (Å²) in [7, 11) is 0. The SMILES string of the molecule is CC(C)CCCCCCCOc1cc(C(=O)NCCOCCOc2ccc(C(N)c3ccccc3)cc2)cc(OCCCCCCCC(C)C)c1OCCCCCCCC(C)C. The van der Waals surface area contributed by atoms with Crippen molar-refractivity contribution in [3.05, 3.63) is 83.4 Å². The Morgan fingerprint density at radius 3 is 1.45 bits per heavy atom. The van der Waals surface area contributed by atoms with Crippen LogP contribution in [0.25, 0.3) is 0 Å². The minimum Gasteiger partial charge on any atom is -0.491 e. The molecule has 3 aromatic rings. The van der Waals surface area contributed by atoms with Crippen LogP contribution in [-0.2, 0) is 4.74 Å². The molecule has 0 spiro atoms. The molecule has 0 aliphatic rings. The molecule has 8 heteroatoms. The summed E-state index contributed by atoms with van der Waals surface area (Å²) in [5.74, 6) is 4.62. The van der Waals surface area contributed by atoms with Crippen molar-refractivity contribution in [2.45, 2.75) is 163 Å². The Balaban J connectivity index is 1.57. The molecule has 0 aromatic heterocycles. The largest absolute Gasteiger partial charge is 0.491 e. The van der Waals surface area contributed by atoms with E-state index in [4.69, 9.17) is 29.4 Å². The molecule has 348 valence electrons. The highest BCUT2D eigenvalue weighted by Gasteiger charge is 2.19. The molecule has 0 fully saturated rings. The van der Waals surface area contributed by atoms with Crippen molar-refractivity contribution in [1.82, 2.24) is 5.32 Å². The van der Waals surface area contributed by atoms with Crippen molar-refractivity contribution in [2.24, 2.45) is 23.5 Å². The minimum absolute atomic E-state index is 0.185. The van der Waals surface area contributed by atoms with Crippen molar-refractivity contribution in [3.63, 3.8) is 0 Å².